The number of hydrogen-bond donors (Lipinski definition) is 2. The molecule has 0 spiro atoms. The number of alkyl halides is 3. The van der Waals surface area contributed by atoms with E-state index >= 15 is 0 Å². The molecular weight excluding hydrogens is 351 g/mol. The molecule has 0 saturated heterocycles. The molecule has 0 aliphatic rings. The van der Waals surface area contributed by atoms with Crippen molar-refractivity contribution in [2.45, 2.75) is 19.6 Å². The van der Waals surface area contributed by atoms with Crippen LogP contribution in [0.5, 0.6) is 0 Å². The third-order valence-corrected chi connectivity index (χ3v) is 3.37. The van der Waals surface area contributed by atoms with Crippen molar-refractivity contribution in [3.63, 3.8) is 0 Å². The highest BCUT2D eigenvalue weighted by atomic mass is 19.4. The van der Waals surface area contributed by atoms with Crippen LogP contribution in [-0.2, 0) is 17.5 Å². The van der Waals surface area contributed by atoms with Crippen LogP contribution in [0.1, 0.15) is 22.8 Å². The average Bonchev–Trinajstić information content (AvgIpc) is 2.56. The summed E-state index contributed by atoms with van der Waals surface area (Å²) in [5, 5.41) is 5.06. The molecule has 0 aliphatic carbocycles. The highest BCUT2D eigenvalue weighted by molar-refractivity contribution is 5.97. The molecule has 1 aromatic heterocycles. The fourth-order valence-electron chi connectivity index (χ4n) is 2.18. The van der Waals surface area contributed by atoms with Crippen LogP contribution < -0.4 is 16.2 Å². The fourth-order valence-corrected chi connectivity index (χ4v) is 2.18. The lowest BCUT2D eigenvalue weighted by Gasteiger charge is -2.11. The molecule has 0 saturated carbocycles. The Morgan fingerprint density at radius 2 is 1.88 bits per heavy atom. The van der Waals surface area contributed by atoms with Crippen LogP contribution in [-0.4, -0.2) is 22.9 Å². The van der Waals surface area contributed by atoms with Gasteiger partial charge in [0, 0.05) is 30.1 Å². The Bertz CT molecular complexity index is 875. The number of hydrogen-bond acceptors (Lipinski definition) is 3. The molecule has 2 rings (SSSR count). The molecule has 0 aliphatic heterocycles. The molecule has 2 N–H and O–H groups in total. The number of amides is 2. The second kappa shape index (κ2) is 7.85. The van der Waals surface area contributed by atoms with Crippen molar-refractivity contribution in [1.82, 2.24) is 9.88 Å². The van der Waals surface area contributed by atoms with Gasteiger partial charge in [0.05, 0.1) is 5.56 Å². The first kappa shape index (κ1) is 19.2. The average molecular weight is 367 g/mol. The lowest BCUT2D eigenvalue weighted by atomic mass is 10.2. The zero-order valence-corrected chi connectivity index (χ0v) is 13.8. The highest BCUT2D eigenvalue weighted by Gasteiger charge is 2.31. The summed E-state index contributed by atoms with van der Waals surface area (Å²) < 4.78 is 38.8. The minimum absolute atomic E-state index is 0.291. The summed E-state index contributed by atoms with van der Waals surface area (Å²) >= 11 is 0. The van der Waals surface area contributed by atoms with E-state index in [1.807, 2.05) is 0 Å². The summed E-state index contributed by atoms with van der Waals surface area (Å²) in [6.45, 7) is 1.61. The largest absolute Gasteiger partial charge is 0.417 e. The summed E-state index contributed by atoms with van der Waals surface area (Å²) in [5.74, 6) is -1.02. The van der Waals surface area contributed by atoms with Crippen LogP contribution in [0, 0.1) is 0 Å². The van der Waals surface area contributed by atoms with Gasteiger partial charge in [-0.3, -0.25) is 14.4 Å². The summed E-state index contributed by atoms with van der Waals surface area (Å²) in [6.07, 6.45) is -4.03. The molecule has 26 heavy (non-hydrogen) atoms. The van der Waals surface area contributed by atoms with Gasteiger partial charge in [0.25, 0.3) is 11.5 Å². The smallest absolute Gasteiger partial charge is 0.352 e. The van der Waals surface area contributed by atoms with E-state index in [1.54, 1.807) is 19.1 Å². The standard InChI is InChI=1S/C17H16F3N3O3/c1-2-21-16(26)11-4-3-5-13(8-11)22-14(24)10-23-9-12(17(18,19)20)6-7-15(23)25/h3-9H,2,10H2,1H3,(H,21,26)(H,22,24). The molecule has 0 fully saturated rings. The number of carbonyl (C=O) groups excluding carboxylic acids is 2. The van der Waals surface area contributed by atoms with E-state index in [0.29, 0.717) is 34.6 Å². The maximum absolute atomic E-state index is 12.7. The molecular formula is C17H16F3N3O3. The van der Waals surface area contributed by atoms with E-state index in [1.165, 1.54) is 12.1 Å². The summed E-state index contributed by atoms with van der Waals surface area (Å²) in [6, 6.07) is 7.47. The molecule has 9 heteroatoms. The lowest BCUT2D eigenvalue weighted by Crippen LogP contribution is -2.28. The predicted molar refractivity (Wildman–Crippen MR) is 88.8 cm³/mol. The second-order valence-corrected chi connectivity index (χ2v) is 5.37. The Kier molecular flexibility index (Phi) is 5.81. The van der Waals surface area contributed by atoms with Crippen molar-refractivity contribution < 1.29 is 22.8 Å². The van der Waals surface area contributed by atoms with Crippen LogP contribution in [0.15, 0.2) is 47.4 Å². The van der Waals surface area contributed by atoms with Crippen molar-refractivity contribution in [3.05, 3.63) is 64.1 Å². The maximum Gasteiger partial charge on any atom is 0.417 e. The Balaban J connectivity index is 2.13. The van der Waals surface area contributed by atoms with Crippen molar-refractivity contribution in [2.24, 2.45) is 0 Å². The number of aromatic nitrogens is 1. The van der Waals surface area contributed by atoms with Gasteiger partial charge in [0.1, 0.15) is 6.54 Å². The fraction of sp³-hybridized carbons (Fsp3) is 0.235. The van der Waals surface area contributed by atoms with Gasteiger partial charge < -0.3 is 15.2 Å². The monoisotopic (exact) mass is 367 g/mol. The van der Waals surface area contributed by atoms with Gasteiger partial charge in [-0.15, -0.1) is 0 Å². The molecule has 0 atom stereocenters. The summed E-state index contributed by atoms with van der Waals surface area (Å²) in [4.78, 5) is 35.5. The van der Waals surface area contributed by atoms with Crippen LogP contribution in [0.2, 0.25) is 0 Å². The zero-order valence-electron chi connectivity index (χ0n) is 13.8. The molecule has 6 nitrogen and oxygen atoms in total. The number of carbonyl (C=O) groups is 2. The number of anilines is 1. The minimum atomic E-state index is -4.62. The third kappa shape index (κ3) is 4.95. The number of rotatable bonds is 5. The Hall–Kier alpha value is -3.10. The predicted octanol–water partition coefficient (Wildman–Crippen LogP) is 2.26. The maximum atomic E-state index is 12.7. The Morgan fingerprint density at radius 3 is 2.54 bits per heavy atom. The van der Waals surface area contributed by atoms with Gasteiger partial charge >= 0.3 is 6.18 Å². The molecule has 1 aromatic carbocycles. The number of nitrogens with zero attached hydrogens (tertiary/aromatic N) is 1. The molecule has 2 amide bonds. The number of halogens is 3. The van der Waals surface area contributed by atoms with Gasteiger partial charge in [0.15, 0.2) is 0 Å². The quantitative estimate of drug-likeness (QED) is 0.851. The first-order valence-corrected chi connectivity index (χ1v) is 7.66. The first-order chi connectivity index (χ1) is 12.2. The molecule has 138 valence electrons. The number of benzene rings is 1. The van der Waals surface area contributed by atoms with E-state index in [-0.39, 0.29) is 5.91 Å². The van der Waals surface area contributed by atoms with Crippen LogP contribution in [0.4, 0.5) is 18.9 Å². The van der Waals surface area contributed by atoms with Gasteiger partial charge in [-0.05, 0) is 31.2 Å². The molecule has 1 heterocycles. The highest BCUT2D eigenvalue weighted by Crippen LogP contribution is 2.28. The Labute approximate surface area is 146 Å². The third-order valence-electron chi connectivity index (χ3n) is 3.37. The van der Waals surface area contributed by atoms with Gasteiger partial charge in [-0.1, -0.05) is 6.07 Å². The van der Waals surface area contributed by atoms with Crippen LogP contribution in [0.3, 0.4) is 0 Å². The lowest BCUT2D eigenvalue weighted by molar-refractivity contribution is -0.138. The van der Waals surface area contributed by atoms with Crippen molar-refractivity contribution in [1.29, 1.82) is 0 Å². The van der Waals surface area contributed by atoms with Crippen molar-refractivity contribution in [3.8, 4) is 0 Å². The SMILES string of the molecule is CCNC(=O)c1cccc(NC(=O)Cn2cc(C(F)(F)F)ccc2=O)c1. The molecule has 0 radical (unpaired) electrons. The zero-order chi connectivity index (χ0) is 19.3. The first-order valence-electron chi connectivity index (χ1n) is 7.66. The van der Waals surface area contributed by atoms with E-state index < -0.39 is 29.8 Å². The van der Waals surface area contributed by atoms with Crippen molar-refractivity contribution in [2.75, 3.05) is 11.9 Å². The molecule has 2 aromatic rings. The number of pyridine rings is 1. The van der Waals surface area contributed by atoms with E-state index in [0.717, 1.165) is 6.07 Å². The number of nitrogens with one attached hydrogen (secondary N) is 2. The minimum Gasteiger partial charge on any atom is -0.352 e. The second-order valence-electron chi connectivity index (χ2n) is 5.37. The van der Waals surface area contributed by atoms with Gasteiger partial charge in [-0.2, -0.15) is 13.2 Å². The molecule has 0 bridgehead atoms. The van der Waals surface area contributed by atoms with E-state index in [9.17, 15) is 27.6 Å². The van der Waals surface area contributed by atoms with E-state index in [2.05, 4.69) is 10.6 Å². The summed E-state index contributed by atoms with van der Waals surface area (Å²) in [7, 11) is 0. The van der Waals surface area contributed by atoms with Gasteiger partial charge in [-0.25, -0.2) is 0 Å². The summed E-state index contributed by atoms with van der Waals surface area (Å²) in [5.41, 5.74) is -1.15. The normalized spacial score (nSPS) is 11.1. The van der Waals surface area contributed by atoms with Crippen molar-refractivity contribution >= 4 is 17.5 Å². The topological polar surface area (TPSA) is 80.2 Å². The van der Waals surface area contributed by atoms with Crippen LogP contribution >= 0.6 is 0 Å². The van der Waals surface area contributed by atoms with Crippen LogP contribution in [0.25, 0.3) is 0 Å². The van der Waals surface area contributed by atoms with Gasteiger partial charge in [0.2, 0.25) is 5.91 Å². The Morgan fingerprint density at radius 1 is 1.15 bits per heavy atom. The van der Waals surface area contributed by atoms with E-state index in [4.69, 9.17) is 0 Å². The molecule has 0 unspecified atom stereocenters.